The Kier molecular flexibility index (Phi) is 6.94. The van der Waals surface area contributed by atoms with Crippen LogP contribution in [0.3, 0.4) is 0 Å². The number of ether oxygens (including phenoxy) is 2. The minimum Gasteiger partial charge on any atom is -0.497 e. The first-order chi connectivity index (χ1) is 17.7. The maximum Gasteiger partial charge on any atom is 0.223 e. The molecule has 0 heterocycles. The quantitative estimate of drug-likeness (QED) is 0.530. The lowest BCUT2D eigenvalue weighted by Crippen LogP contribution is -2.63. The van der Waals surface area contributed by atoms with Gasteiger partial charge in [-0.05, 0) is 73.6 Å². The van der Waals surface area contributed by atoms with Gasteiger partial charge in [0.1, 0.15) is 17.2 Å². The van der Waals surface area contributed by atoms with Crippen molar-refractivity contribution in [1.29, 1.82) is 0 Å². The number of alkyl halides is 1. The van der Waals surface area contributed by atoms with Gasteiger partial charge in [0, 0.05) is 30.4 Å². The van der Waals surface area contributed by atoms with E-state index in [0.29, 0.717) is 32.4 Å². The van der Waals surface area contributed by atoms with Crippen LogP contribution in [0, 0.1) is 35.0 Å². The van der Waals surface area contributed by atoms with Crippen molar-refractivity contribution < 1.29 is 28.6 Å². The summed E-state index contributed by atoms with van der Waals surface area (Å²) in [6, 6.07) is 7.41. The molecule has 5 rings (SSSR count). The number of ketones is 1. The van der Waals surface area contributed by atoms with Crippen molar-refractivity contribution in [1.82, 2.24) is 5.32 Å². The standard InChI is InChI=1S/C30H38FNO5/c1-18-14-25-24-10-8-19-15-20(33)9-11-23(19)30(24,31)26(34)17-29(25,2)27(18)28(35)32-12-5-13-37-22-7-4-6-21(16-22)36-3/h4,6-7,9,11,15-16,18,23-27,34H,5,8,10,12-14,17H2,1-3H3,(H,32,35). The number of hydrogen-bond acceptors (Lipinski definition) is 5. The van der Waals surface area contributed by atoms with Gasteiger partial charge in [-0.2, -0.15) is 0 Å². The molecule has 2 N–H and O–H groups in total. The fourth-order valence-corrected chi connectivity index (χ4v) is 8.03. The van der Waals surface area contributed by atoms with E-state index in [2.05, 4.69) is 19.2 Å². The minimum atomic E-state index is -1.80. The molecule has 0 saturated heterocycles. The number of aliphatic hydroxyl groups is 1. The van der Waals surface area contributed by atoms with E-state index >= 15 is 4.39 Å². The Labute approximate surface area is 218 Å². The maximum atomic E-state index is 16.8. The van der Waals surface area contributed by atoms with Gasteiger partial charge in [0.05, 0.1) is 19.8 Å². The van der Waals surface area contributed by atoms with Crippen LogP contribution in [-0.4, -0.2) is 48.8 Å². The van der Waals surface area contributed by atoms with E-state index in [9.17, 15) is 14.7 Å². The lowest BCUT2D eigenvalue weighted by atomic mass is 9.49. The number of amides is 1. The topological polar surface area (TPSA) is 84.9 Å². The van der Waals surface area contributed by atoms with Crippen LogP contribution in [0.5, 0.6) is 11.5 Å². The lowest BCUT2D eigenvalue weighted by molar-refractivity contribution is -0.175. The fraction of sp³-hybridized carbons (Fsp3) is 0.600. The Morgan fingerprint density at radius 2 is 2.05 bits per heavy atom. The van der Waals surface area contributed by atoms with Gasteiger partial charge in [-0.1, -0.05) is 31.6 Å². The van der Waals surface area contributed by atoms with Crippen molar-refractivity contribution >= 4 is 11.7 Å². The van der Waals surface area contributed by atoms with Crippen LogP contribution in [0.25, 0.3) is 0 Å². The van der Waals surface area contributed by atoms with Crippen molar-refractivity contribution in [2.75, 3.05) is 20.3 Å². The Morgan fingerprint density at radius 3 is 2.84 bits per heavy atom. The van der Waals surface area contributed by atoms with E-state index < -0.39 is 23.1 Å². The number of halogens is 1. The number of nitrogens with one attached hydrogen (secondary N) is 1. The number of methoxy groups -OCH3 is 1. The summed E-state index contributed by atoms with van der Waals surface area (Å²) in [5.74, 6) is 0.257. The van der Waals surface area contributed by atoms with Crippen LogP contribution in [0.1, 0.15) is 46.0 Å². The second-order valence-electron chi connectivity index (χ2n) is 11.6. The highest BCUT2D eigenvalue weighted by Crippen LogP contribution is 2.66. The van der Waals surface area contributed by atoms with E-state index in [4.69, 9.17) is 9.47 Å². The highest BCUT2D eigenvalue weighted by atomic mass is 19.1. The van der Waals surface area contributed by atoms with Crippen LogP contribution < -0.4 is 14.8 Å². The van der Waals surface area contributed by atoms with Crippen molar-refractivity contribution in [3.63, 3.8) is 0 Å². The summed E-state index contributed by atoms with van der Waals surface area (Å²) in [5, 5.41) is 14.4. The fourth-order valence-electron chi connectivity index (χ4n) is 8.03. The van der Waals surface area contributed by atoms with Crippen molar-refractivity contribution in [3.8, 4) is 11.5 Å². The molecule has 3 saturated carbocycles. The van der Waals surface area contributed by atoms with Crippen molar-refractivity contribution in [3.05, 3.63) is 48.1 Å². The Hall–Kier alpha value is -2.67. The monoisotopic (exact) mass is 511 g/mol. The van der Waals surface area contributed by atoms with E-state index in [1.165, 1.54) is 6.08 Å². The summed E-state index contributed by atoms with van der Waals surface area (Å²) >= 11 is 0. The van der Waals surface area contributed by atoms with Gasteiger partial charge in [-0.15, -0.1) is 0 Å². The highest BCUT2D eigenvalue weighted by molar-refractivity contribution is 6.01. The van der Waals surface area contributed by atoms with Gasteiger partial charge in [0.25, 0.3) is 0 Å². The molecule has 1 aromatic carbocycles. The Balaban J connectivity index is 1.23. The summed E-state index contributed by atoms with van der Waals surface area (Å²) in [5.41, 5.74) is -1.48. The number of rotatable bonds is 7. The molecule has 8 atom stereocenters. The average molecular weight is 512 g/mol. The molecule has 1 aromatic rings. The molecule has 6 nitrogen and oxygen atoms in total. The smallest absolute Gasteiger partial charge is 0.223 e. The van der Waals surface area contributed by atoms with E-state index in [1.807, 2.05) is 24.3 Å². The van der Waals surface area contributed by atoms with Crippen LogP contribution in [0.15, 0.2) is 48.1 Å². The third-order valence-electron chi connectivity index (χ3n) is 9.56. The van der Waals surface area contributed by atoms with Crippen molar-refractivity contribution in [2.24, 2.45) is 35.0 Å². The largest absolute Gasteiger partial charge is 0.497 e. The number of fused-ring (bicyclic) bond motifs is 5. The van der Waals surface area contributed by atoms with Gasteiger partial charge < -0.3 is 19.9 Å². The highest BCUT2D eigenvalue weighted by Gasteiger charge is 2.68. The molecule has 0 bridgehead atoms. The second-order valence-corrected chi connectivity index (χ2v) is 11.6. The van der Waals surface area contributed by atoms with E-state index in [1.54, 1.807) is 19.3 Å². The zero-order chi connectivity index (χ0) is 26.4. The maximum absolute atomic E-state index is 16.8. The van der Waals surface area contributed by atoms with Crippen LogP contribution >= 0.6 is 0 Å². The minimum absolute atomic E-state index is 0.00984. The molecular formula is C30H38FNO5. The normalized spacial score (nSPS) is 38.2. The number of benzene rings is 1. The first-order valence-corrected chi connectivity index (χ1v) is 13.5. The Morgan fingerprint density at radius 1 is 1.27 bits per heavy atom. The molecule has 200 valence electrons. The van der Waals surface area contributed by atoms with E-state index in [-0.39, 0.29) is 41.8 Å². The Bertz CT molecular complexity index is 1120. The van der Waals surface area contributed by atoms with Gasteiger partial charge >= 0.3 is 0 Å². The molecule has 37 heavy (non-hydrogen) atoms. The number of allylic oxidation sites excluding steroid dienone is 4. The first-order valence-electron chi connectivity index (χ1n) is 13.5. The molecular weight excluding hydrogens is 473 g/mol. The number of aliphatic hydroxyl groups excluding tert-OH is 1. The summed E-state index contributed by atoms with van der Waals surface area (Å²) in [4.78, 5) is 25.3. The van der Waals surface area contributed by atoms with Gasteiger partial charge in [0.2, 0.25) is 5.91 Å². The zero-order valence-corrected chi connectivity index (χ0v) is 21.9. The molecule has 0 aromatic heterocycles. The third-order valence-corrected chi connectivity index (χ3v) is 9.56. The molecule has 3 fully saturated rings. The summed E-state index contributed by atoms with van der Waals surface area (Å²) in [7, 11) is 1.61. The van der Waals surface area contributed by atoms with E-state index in [0.717, 1.165) is 23.5 Å². The number of carbonyl (C=O) groups is 2. The predicted molar refractivity (Wildman–Crippen MR) is 138 cm³/mol. The third kappa shape index (κ3) is 4.39. The first kappa shape index (κ1) is 26.0. The second kappa shape index (κ2) is 9.90. The molecule has 4 aliphatic carbocycles. The summed E-state index contributed by atoms with van der Waals surface area (Å²) in [6.07, 6.45) is 6.40. The SMILES string of the molecule is COc1cccc(OCCCNC(=O)C2C(C)CC3C4CCC5=CC(=O)C=CC5C4(F)C(O)CC32C)c1. The molecule has 8 unspecified atom stereocenters. The summed E-state index contributed by atoms with van der Waals surface area (Å²) < 4.78 is 27.8. The molecule has 0 spiro atoms. The van der Waals surface area contributed by atoms with Gasteiger partial charge in [0.15, 0.2) is 5.78 Å². The zero-order valence-electron chi connectivity index (χ0n) is 21.9. The van der Waals surface area contributed by atoms with Crippen molar-refractivity contribution in [2.45, 2.75) is 57.7 Å². The summed E-state index contributed by atoms with van der Waals surface area (Å²) in [6.45, 7) is 5.11. The molecule has 1 amide bonds. The number of carbonyl (C=O) groups excluding carboxylic acids is 2. The van der Waals surface area contributed by atoms with Gasteiger partial charge in [-0.25, -0.2) is 4.39 Å². The number of hydrogen-bond donors (Lipinski definition) is 2. The van der Waals surface area contributed by atoms with Crippen LogP contribution in [-0.2, 0) is 9.59 Å². The molecule has 4 aliphatic rings. The predicted octanol–water partition coefficient (Wildman–Crippen LogP) is 4.42. The van der Waals surface area contributed by atoms with Crippen LogP contribution in [0.4, 0.5) is 4.39 Å². The molecule has 0 radical (unpaired) electrons. The average Bonchev–Trinajstić information content (AvgIpc) is 3.13. The van der Waals surface area contributed by atoms with Crippen LogP contribution in [0.2, 0.25) is 0 Å². The van der Waals surface area contributed by atoms with Gasteiger partial charge in [-0.3, -0.25) is 9.59 Å². The lowest BCUT2D eigenvalue weighted by Gasteiger charge is -2.58. The molecule has 7 heteroatoms. The molecule has 0 aliphatic heterocycles.